The predicted octanol–water partition coefficient (Wildman–Crippen LogP) is 2.26. The van der Waals surface area contributed by atoms with Gasteiger partial charge >= 0.3 is 0 Å². The summed E-state index contributed by atoms with van der Waals surface area (Å²) in [5, 5.41) is 0. The number of carbonyl (C=O) groups is 1. The number of pyridine rings is 1. The number of amides is 1. The van der Waals surface area contributed by atoms with Crippen LogP contribution in [0.25, 0.3) is 0 Å². The largest absolute Gasteiger partial charge is 0.478 e. The molecule has 0 saturated carbocycles. The average Bonchev–Trinajstić information content (AvgIpc) is 3.09. The van der Waals surface area contributed by atoms with Gasteiger partial charge in [-0.15, -0.1) is 0 Å². The first-order chi connectivity index (χ1) is 12.9. The van der Waals surface area contributed by atoms with Gasteiger partial charge in [-0.2, -0.15) is 0 Å². The molecular formula is C19H23N3O4S. The molecule has 1 N–H and O–H groups in total. The number of carbonyl (C=O) groups excluding carboxylic acids is 1. The second-order valence-corrected chi connectivity index (χ2v) is 8.15. The maximum atomic E-state index is 12.6. The molecule has 1 amide bonds. The second-order valence-electron chi connectivity index (χ2n) is 6.39. The van der Waals surface area contributed by atoms with E-state index in [-0.39, 0.29) is 17.3 Å². The van der Waals surface area contributed by atoms with Gasteiger partial charge in [-0.1, -0.05) is 6.92 Å². The molecule has 0 atom stereocenters. The number of sulfonamides is 1. The van der Waals surface area contributed by atoms with Gasteiger partial charge in [0.15, 0.2) is 0 Å². The van der Waals surface area contributed by atoms with Gasteiger partial charge in [0, 0.05) is 38.0 Å². The Morgan fingerprint density at radius 1 is 1.30 bits per heavy atom. The molecule has 3 rings (SSSR count). The summed E-state index contributed by atoms with van der Waals surface area (Å²) in [6, 6.07) is 8.34. The van der Waals surface area contributed by atoms with Crippen LogP contribution in [0, 0.1) is 0 Å². The monoisotopic (exact) mass is 389 g/mol. The predicted molar refractivity (Wildman–Crippen MR) is 102 cm³/mol. The van der Waals surface area contributed by atoms with E-state index in [0.29, 0.717) is 25.5 Å². The number of benzene rings is 1. The number of ether oxygens (including phenoxy) is 1. The van der Waals surface area contributed by atoms with Gasteiger partial charge < -0.3 is 9.64 Å². The van der Waals surface area contributed by atoms with Crippen LogP contribution in [0.1, 0.15) is 31.4 Å². The Balaban J connectivity index is 1.72. The molecule has 0 aliphatic carbocycles. The van der Waals surface area contributed by atoms with Gasteiger partial charge in [0.1, 0.15) is 0 Å². The standard InChI is InChI=1S/C19H23N3O4S/c1-3-10-26-19-11-15(6-8-20-19)13-21-27(24,25)17-4-5-18-16(12-17)7-9-22(18)14(2)23/h4-6,8,11-12,21H,3,7,9-10,13H2,1-2H3. The fraction of sp³-hybridized carbons (Fsp3) is 0.368. The van der Waals surface area contributed by atoms with Crippen LogP contribution < -0.4 is 14.4 Å². The topological polar surface area (TPSA) is 88.6 Å². The molecule has 0 unspecified atom stereocenters. The normalized spacial score (nSPS) is 13.5. The number of nitrogens with zero attached hydrogens (tertiary/aromatic N) is 2. The van der Waals surface area contributed by atoms with Crippen molar-refractivity contribution >= 4 is 21.6 Å². The van der Waals surface area contributed by atoms with E-state index in [1.165, 1.54) is 13.0 Å². The highest BCUT2D eigenvalue weighted by atomic mass is 32.2. The summed E-state index contributed by atoms with van der Waals surface area (Å²) in [5.74, 6) is 0.441. The van der Waals surface area contributed by atoms with Crippen molar-refractivity contribution in [2.45, 2.75) is 38.1 Å². The summed E-state index contributed by atoms with van der Waals surface area (Å²) in [6.45, 7) is 4.80. The number of nitrogens with one attached hydrogen (secondary N) is 1. The van der Waals surface area contributed by atoms with Crippen LogP contribution >= 0.6 is 0 Å². The van der Waals surface area contributed by atoms with E-state index in [1.807, 2.05) is 6.92 Å². The molecule has 0 saturated heterocycles. The molecule has 1 aliphatic heterocycles. The fourth-order valence-electron chi connectivity index (χ4n) is 2.98. The zero-order valence-corrected chi connectivity index (χ0v) is 16.3. The van der Waals surface area contributed by atoms with Gasteiger partial charge in [0.25, 0.3) is 0 Å². The molecule has 2 aromatic rings. The van der Waals surface area contributed by atoms with E-state index in [4.69, 9.17) is 4.74 Å². The lowest BCUT2D eigenvalue weighted by Crippen LogP contribution is -2.26. The minimum absolute atomic E-state index is 0.0405. The minimum Gasteiger partial charge on any atom is -0.478 e. The van der Waals surface area contributed by atoms with Crippen molar-refractivity contribution < 1.29 is 17.9 Å². The van der Waals surface area contributed by atoms with Crippen LogP contribution in [0.5, 0.6) is 5.88 Å². The summed E-state index contributed by atoms with van der Waals surface area (Å²) >= 11 is 0. The molecular weight excluding hydrogens is 366 g/mol. The lowest BCUT2D eigenvalue weighted by atomic mass is 10.2. The van der Waals surface area contributed by atoms with E-state index in [2.05, 4.69) is 9.71 Å². The van der Waals surface area contributed by atoms with Crippen LogP contribution in [-0.4, -0.2) is 32.5 Å². The van der Waals surface area contributed by atoms with Crippen LogP contribution in [0.15, 0.2) is 41.4 Å². The molecule has 0 fully saturated rings. The molecule has 1 aliphatic rings. The number of fused-ring (bicyclic) bond motifs is 1. The maximum absolute atomic E-state index is 12.6. The first-order valence-corrected chi connectivity index (χ1v) is 10.4. The van der Waals surface area contributed by atoms with E-state index < -0.39 is 10.0 Å². The van der Waals surface area contributed by atoms with E-state index in [9.17, 15) is 13.2 Å². The minimum atomic E-state index is -3.66. The van der Waals surface area contributed by atoms with E-state index in [0.717, 1.165) is 23.2 Å². The maximum Gasteiger partial charge on any atom is 0.240 e. The Morgan fingerprint density at radius 2 is 2.11 bits per heavy atom. The van der Waals surface area contributed by atoms with Crippen LogP contribution in [-0.2, 0) is 27.8 Å². The second kappa shape index (κ2) is 8.06. The molecule has 1 aromatic carbocycles. The SMILES string of the molecule is CCCOc1cc(CNS(=O)(=O)c2ccc3c(c2)CCN3C(C)=O)ccn1. The summed E-state index contributed by atoms with van der Waals surface area (Å²) < 4.78 is 33.4. The summed E-state index contributed by atoms with van der Waals surface area (Å²) in [6.07, 6.45) is 3.12. The smallest absolute Gasteiger partial charge is 0.240 e. The lowest BCUT2D eigenvalue weighted by Gasteiger charge is -2.15. The van der Waals surface area contributed by atoms with Crippen molar-refractivity contribution in [1.29, 1.82) is 0 Å². The molecule has 0 spiro atoms. The lowest BCUT2D eigenvalue weighted by molar-refractivity contribution is -0.116. The van der Waals surface area contributed by atoms with Crippen LogP contribution in [0.4, 0.5) is 5.69 Å². The summed E-state index contributed by atoms with van der Waals surface area (Å²) in [5.41, 5.74) is 2.42. The quantitative estimate of drug-likeness (QED) is 0.785. The first-order valence-electron chi connectivity index (χ1n) is 8.89. The Bertz CT molecular complexity index is 944. The highest BCUT2D eigenvalue weighted by Gasteiger charge is 2.24. The van der Waals surface area contributed by atoms with Crippen molar-refractivity contribution in [3.05, 3.63) is 47.7 Å². The highest BCUT2D eigenvalue weighted by Crippen LogP contribution is 2.30. The first kappa shape index (κ1) is 19.3. The van der Waals surface area contributed by atoms with Crippen molar-refractivity contribution in [3.8, 4) is 5.88 Å². The van der Waals surface area contributed by atoms with Gasteiger partial charge in [0.05, 0.1) is 11.5 Å². The summed E-state index contributed by atoms with van der Waals surface area (Å²) in [7, 11) is -3.66. The average molecular weight is 389 g/mol. The summed E-state index contributed by atoms with van der Waals surface area (Å²) in [4.78, 5) is 17.6. The number of hydrogen-bond acceptors (Lipinski definition) is 5. The molecule has 0 radical (unpaired) electrons. The third-order valence-electron chi connectivity index (χ3n) is 4.36. The number of hydrogen-bond donors (Lipinski definition) is 1. The van der Waals surface area contributed by atoms with Gasteiger partial charge in [0.2, 0.25) is 21.8 Å². The van der Waals surface area contributed by atoms with Crippen molar-refractivity contribution in [3.63, 3.8) is 0 Å². The number of anilines is 1. The van der Waals surface area contributed by atoms with Crippen LogP contribution in [0.3, 0.4) is 0 Å². The molecule has 2 heterocycles. The molecule has 8 heteroatoms. The fourth-order valence-corrected chi connectivity index (χ4v) is 4.05. The van der Waals surface area contributed by atoms with Crippen LogP contribution in [0.2, 0.25) is 0 Å². The Hall–Kier alpha value is -2.45. The van der Waals surface area contributed by atoms with E-state index in [1.54, 1.807) is 35.4 Å². The molecule has 1 aromatic heterocycles. The third-order valence-corrected chi connectivity index (χ3v) is 5.76. The van der Waals surface area contributed by atoms with Crippen molar-refractivity contribution in [2.75, 3.05) is 18.1 Å². The molecule has 144 valence electrons. The van der Waals surface area contributed by atoms with Gasteiger partial charge in [-0.25, -0.2) is 18.1 Å². The zero-order valence-electron chi connectivity index (χ0n) is 15.4. The molecule has 27 heavy (non-hydrogen) atoms. The van der Waals surface area contributed by atoms with E-state index >= 15 is 0 Å². The Kier molecular flexibility index (Phi) is 5.76. The Labute approximate surface area is 159 Å². The molecule has 0 bridgehead atoms. The Morgan fingerprint density at radius 3 is 2.85 bits per heavy atom. The number of aromatic nitrogens is 1. The van der Waals surface area contributed by atoms with Crippen molar-refractivity contribution in [1.82, 2.24) is 9.71 Å². The van der Waals surface area contributed by atoms with Crippen molar-refractivity contribution in [2.24, 2.45) is 0 Å². The highest BCUT2D eigenvalue weighted by molar-refractivity contribution is 7.89. The van der Waals surface area contributed by atoms with Gasteiger partial charge in [-0.3, -0.25) is 4.79 Å². The zero-order chi connectivity index (χ0) is 19.4. The number of rotatable bonds is 7. The van der Waals surface area contributed by atoms with Gasteiger partial charge in [-0.05, 0) is 48.2 Å². The molecule has 7 nitrogen and oxygen atoms in total. The third kappa shape index (κ3) is 4.45.